The highest BCUT2D eigenvalue weighted by molar-refractivity contribution is 7.18. The average Bonchev–Trinajstić information content (AvgIpc) is 3.40. The Hall–Kier alpha value is -2.22. The number of aliphatic hydroxyl groups excluding tert-OH is 1. The van der Waals surface area contributed by atoms with Crippen molar-refractivity contribution in [2.75, 3.05) is 32.1 Å². The molecule has 0 aliphatic carbocycles. The van der Waals surface area contributed by atoms with E-state index in [1.165, 1.54) is 23.4 Å². The smallest absolute Gasteiger partial charge is 0.275 e. The second kappa shape index (κ2) is 9.10. The SMILES string of the molecule is CC(C)C(O)CCc1cc2ncn(-c3ccc(N4CC[C@@H](N(C)C)C4)cc3)c(=O)c2s1. The van der Waals surface area contributed by atoms with Crippen molar-refractivity contribution >= 4 is 27.2 Å². The predicted molar refractivity (Wildman–Crippen MR) is 129 cm³/mol. The van der Waals surface area contributed by atoms with Gasteiger partial charge in [0.25, 0.3) is 5.56 Å². The summed E-state index contributed by atoms with van der Waals surface area (Å²) in [6, 6.07) is 10.8. The molecule has 0 spiro atoms. The number of nitrogens with zero attached hydrogens (tertiary/aromatic N) is 4. The van der Waals surface area contributed by atoms with Gasteiger partial charge in [-0.25, -0.2) is 4.98 Å². The number of benzene rings is 1. The largest absolute Gasteiger partial charge is 0.393 e. The third-order valence-electron chi connectivity index (χ3n) is 6.33. The Morgan fingerprint density at radius 2 is 1.94 bits per heavy atom. The summed E-state index contributed by atoms with van der Waals surface area (Å²) in [7, 11) is 4.27. The van der Waals surface area contributed by atoms with E-state index in [1.807, 2.05) is 32.0 Å². The van der Waals surface area contributed by atoms with E-state index in [1.54, 1.807) is 10.9 Å². The first-order chi connectivity index (χ1) is 14.8. The minimum Gasteiger partial charge on any atom is -0.393 e. The Balaban J connectivity index is 1.53. The monoisotopic (exact) mass is 440 g/mol. The summed E-state index contributed by atoms with van der Waals surface area (Å²) in [6.45, 7) is 6.12. The molecule has 2 aromatic heterocycles. The fourth-order valence-electron chi connectivity index (χ4n) is 4.11. The molecule has 1 aliphatic heterocycles. The molecule has 4 rings (SSSR count). The number of fused-ring (bicyclic) bond motifs is 1. The van der Waals surface area contributed by atoms with E-state index in [4.69, 9.17) is 0 Å². The number of rotatable bonds is 7. The van der Waals surface area contributed by atoms with E-state index < -0.39 is 0 Å². The zero-order valence-corrected chi connectivity index (χ0v) is 19.6. The van der Waals surface area contributed by atoms with Crippen LogP contribution in [-0.2, 0) is 6.42 Å². The number of hydrogen-bond donors (Lipinski definition) is 1. The van der Waals surface area contributed by atoms with Crippen molar-refractivity contribution in [1.29, 1.82) is 0 Å². The van der Waals surface area contributed by atoms with Crippen molar-refractivity contribution in [3.8, 4) is 5.69 Å². The Bertz CT molecular complexity index is 1090. The molecule has 7 heteroatoms. The number of aromatic nitrogens is 2. The lowest BCUT2D eigenvalue weighted by molar-refractivity contribution is 0.117. The Morgan fingerprint density at radius 3 is 2.58 bits per heavy atom. The molecule has 1 saturated heterocycles. The number of thiophene rings is 1. The van der Waals surface area contributed by atoms with Crippen LogP contribution in [-0.4, -0.2) is 58.9 Å². The molecule has 0 bridgehead atoms. The lowest BCUT2D eigenvalue weighted by Crippen LogP contribution is -2.31. The number of aliphatic hydroxyl groups is 1. The van der Waals surface area contributed by atoms with Crippen LogP contribution in [0, 0.1) is 5.92 Å². The molecule has 1 unspecified atom stereocenters. The van der Waals surface area contributed by atoms with Crippen LogP contribution in [0.25, 0.3) is 15.9 Å². The van der Waals surface area contributed by atoms with Gasteiger partial charge < -0.3 is 14.9 Å². The zero-order chi connectivity index (χ0) is 22.1. The van der Waals surface area contributed by atoms with Crippen LogP contribution in [0.4, 0.5) is 5.69 Å². The van der Waals surface area contributed by atoms with Gasteiger partial charge in [0, 0.05) is 29.7 Å². The molecule has 3 aromatic rings. The van der Waals surface area contributed by atoms with E-state index >= 15 is 0 Å². The van der Waals surface area contributed by atoms with E-state index in [0.717, 1.165) is 35.6 Å². The Labute approximate surface area is 187 Å². The average molecular weight is 441 g/mol. The quantitative estimate of drug-likeness (QED) is 0.609. The van der Waals surface area contributed by atoms with E-state index in [-0.39, 0.29) is 17.6 Å². The standard InChI is InChI=1S/C24H32N4O2S/c1-16(2)22(29)10-9-20-13-21-23(31-20)24(30)28(15-25-21)18-7-5-17(6-8-18)27-12-11-19(14-27)26(3)4/h5-8,13,15-16,19,22,29H,9-12,14H2,1-4H3/t19-,22?/m1/s1. The number of likely N-dealkylation sites (N-methyl/N-ethyl adjacent to an activating group) is 1. The minimum atomic E-state index is -0.322. The molecule has 1 aliphatic rings. The van der Waals surface area contributed by atoms with Crippen molar-refractivity contribution in [3.05, 3.63) is 51.9 Å². The first-order valence-electron chi connectivity index (χ1n) is 11.0. The fraction of sp³-hybridized carbons (Fsp3) is 0.500. The van der Waals surface area contributed by atoms with Crippen molar-refractivity contribution in [3.63, 3.8) is 0 Å². The van der Waals surface area contributed by atoms with E-state index in [9.17, 15) is 9.90 Å². The van der Waals surface area contributed by atoms with Crippen LogP contribution in [0.3, 0.4) is 0 Å². The second-order valence-electron chi connectivity index (χ2n) is 9.07. The number of anilines is 1. The fourth-order valence-corrected chi connectivity index (χ4v) is 5.17. The summed E-state index contributed by atoms with van der Waals surface area (Å²) >= 11 is 1.49. The van der Waals surface area contributed by atoms with Gasteiger partial charge in [-0.2, -0.15) is 0 Å². The Morgan fingerprint density at radius 1 is 1.23 bits per heavy atom. The maximum Gasteiger partial charge on any atom is 0.275 e. The molecule has 0 amide bonds. The lowest BCUT2D eigenvalue weighted by atomic mass is 10.0. The Kier molecular flexibility index (Phi) is 6.46. The summed E-state index contributed by atoms with van der Waals surface area (Å²) in [4.78, 5) is 23.4. The summed E-state index contributed by atoms with van der Waals surface area (Å²) < 4.78 is 2.30. The topological polar surface area (TPSA) is 61.6 Å². The molecule has 3 heterocycles. The van der Waals surface area contributed by atoms with Crippen LogP contribution < -0.4 is 10.5 Å². The van der Waals surface area contributed by atoms with Crippen LogP contribution in [0.15, 0.2) is 41.5 Å². The zero-order valence-electron chi connectivity index (χ0n) is 18.8. The van der Waals surface area contributed by atoms with Crippen LogP contribution in [0.2, 0.25) is 0 Å². The van der Waals surface area contributed by atoms with E-state index in [0.29, 0.717) is 17.2 Å². The summed E-state index contributed by atoms with van der Waals surface area (Å²) in [6.07, 6.45) is 3.93. The van der Waals surface area contributed by atoms with Crippen molar-refractivity contribution < 1.29 is 5.11 Å². The highest BCUT2D eigenvalue weighted by atomic mass is 32.1. The van der Waals surface area contributed by atoms with Crippen molar-refractivity contribution in [2.45, 2.75) is 45.3 Å². The van der Waals surface area contributed by atoms with Gasteiger partial charge in [0.2, 0.25) is 0 Å². The minimum absolute atomic E-state index is 0.0350. The second-order valence-corrected chi connectivity index (χ2v) is 10.2. The lowest BCUT2D eigenvalue weighted by Gasteiger charge is -2.22. The van der Waals surface area contributed by atoms with Gasteiger partial charge in [-0.15, -0.1) is 11.3 Å². The summed E-state index contributed by atoms with van der Waals surface area (Å²) in [5.74, 6) is 0.238. The van der Waals surface area contributed by atoms with Crippen LogP contribution >= 0.6 is 11.3 Å². The van der Waals surface area contributed by atoms with Crippen LogP contribution in [0.1, 0.15) is 31.6 Å². The molecular weight excluding hydrogens is 408 g/mol. The van der Waals surface area contributed by atoms with Gasteiger partial charge in [-0.1, -0.05) is 13.8 Å². The molecule has 31 heavy (non-hydrogen) atoms. The van der Waals surface area contributed by atoms with Crippen molar-refractivity contribution in [1.82, 2.24) is 14.5 Å². The number of aryl methyl sites for hydroxylation is 1. The molecule has 1 fully saturated rings. The molecule has 0 saturated carbocycles. The molecule has 6 nitrogen and oxygen atoms in total. The third kappa shape index (κ3) is 4.68. The van der Waals surface area contributed by atoms with Gasteiger partial charge in [0.15, 0.2) is 0 Å². The maximum absolute atomic E-state index is 13.1. The van der Waals surface area contributed by atoms with Gasteiger partial charge in [0.05, 0.1) is 17.3 Å². The van der Waals surface area contributed by atoms with Crippen molar-refractivity contribution in [2.24, 2.45) is 5.92 Å². The number of hydrogen-bond acceptors (Lipinski definition) is 6. The van der Waals surface area contributed by atoms with E-state index in [2.05, 4.69) is 41.0 Å². The molecule has 166 valence electrons. The van der Waals surface area contributed by atoms with Gasteiger partial charge in [0.1, 0.15) is 11.0 Å². The highest BCUT2D eigenvalue weighted by Gasteiger charge is 2.24. The molecule has 1 N–H and O–H groups in total. The van der Waals surface area contributed by atoms with Gasteiger partial charge >= 0.3 is 0 Å². The molecular formula is C24H32N4O2S. The maximum atomic E-state index is 13.1. The van der Waals surface area contributed by atoms with Gasteiger partial charge in [-0.05, 0) is 69.6 Å². The third-order valence-corrected chi connectivity index (χ3v) is 7.50. The first kappa shape index (κ1) is 22.0. The van der Waals surface area contributed by atoms with Gasteiger partial charge in [-0.3, -0.25) is 9.36 Å². The predicted octanol–water partition coefficient (Wildman–Crippen LogP) is 3.54. The normalized spacial score (nSPS) is 17.9. The summed E-state index contributed by atoms with van der Waals surface area (Å²) in [5.41, 5.74) is 2.73. The molecule has 2 atom stereocenters. The van der Waals surface area contributed by atoms with Crippen LogP contribution in [0.5, 0.6) is 0 Å². The highest BCUT2D eigenvalue weighted by Crippen LogP contribution is 2.25. The summed E-state index contributed by atoms with van der Waals surface area (Å²) in [5, 5.41) is 10.1. The molecule has 1 aromatic carbocycles. The molecule has 0 radical (unpaired) electrons. The first-order valence-corrected chi connectivity index (χ1v) is 11.8.